The third-order valence-electron chi connectivity index (χ3n) is 4.09. The Morgan fingerprint density at radius 1 is 1.21 bits per heavy atom. The Morgan fingerprint density at radius 2 is 2.00 bits per heavy atom. The van der Waals surface area contributed by atoms with Gasteiger partial charge in [-0.3, -0.25) is 4.98 Å². The highest BCUT2D eigenvalue weighted by atomic mass is 79.9. The minimum atomic E-state index is -4.02. The van der Waals surface area contributed by atoms with Gasteiger partial charge in [-0.05, 0) is 34.1 Å². The highest BCUT2D eigenvalue weighted by Gasteiger charge is 2.54. The summed E-state index contributed by atoms with van der Waals surface area (Å²) >= 11 is 6.46. The van der Waals surface area contributed by atoms with Crippen LogP contribution in [0.2, 0.25) is 0 Å². The summed E-state index contributed by atoms with van der Waals surface area (Å²) in [6.07, 6.45) is 4.88. The van der Waals surface area contributed by atoms with Crippen molar-refractivity contribution < 1.29 is 17.9 Å². The van der Waals surface area contributed by atoms with E-state index in [2.05, 4.69) is 36.8 Å². The fraction of sp³-hybridized carbons (Fsp3) is 0.0667. The van der Waals surface area contributed by atoms with Crippen LogP contribution in [0.5, 0.6) is 5.75 Å². The number of pyridine rings is 1. The molecule has 4 heterocycles. The van der Waals surface area contributed by atoms with Crippen LogP contribution in [0.4, 0.5) is 8.63 Å². The summed E-state index contributed by atoms with van der Waals surface area (Å²) < 4.78 is 38.1. The number of hydrogen-bond acceptors (Lipinski definition) is 2. The molecule has 0 unspecified atom stereocenters. The number of rotatable bonds is 2. The van der Waals surface area contributed by atoms with Gasteiger partial charge in [0.15, 0.2) is 5.70 Å². The molecular formula is C15H10BBr2F2N3O. The van der Waals surface area contributed by atoms with Crippen LogP contribution in [0.25, 0.3) is 5.57 Å². The molecule has 24 heavy (non-hydrogen) atoms. The second-order valence-electron chi connectivity index (χ2n) is 5.37. The van der Waals surface area contributed by atoms with E-state index in [0.717, 1.165) is 8.96 Å². The number of nitrogens with zero attached hydrogens (tertiary/aromatic N) is 3. The molecular weight excluding hydrogens is 447 g/mol. The van der Waals surface area contributed by atoms with Gasteiger partial charge in [0.1, 0.15) is 5.75 Å². The Balaban J connectivity index is 2.08. The monoisotopic (exact) mass is 455 g/mol. The summed E-state index contributed by atoms with van der Waals surface area (Å²) in [5.74, 6) is 0.615. The molecule has 2 aromatic heterocycles. The first-order chi connectivity index (χ1) is 11.4. The first-order valence-corrected chi connectivity index (χ1v) is 8.68. The lowest BCUT2D eigenvalue weighted by molar-refractivity contribution is -0.358. The maximum Gasteiger partial charge on any atom is 0.738 e. The van der Waals surface area contributed by atoms with E-state index in [1.54, 1.807) is 49.7 Å². The quantitative estimate of drug-likeness (QED) is 0.639. The standard InChI is InChI=1S/C15H10BBr2F2N3O/c1-24-9-6-7-21-10(8-9)15-11-2-4-13(17)22(11)16(19,20)23-12(15)3-5-14(23)18/h2-8H,1H3. The van der Waals surface area contributed by atoms with Crippen molar-refractivity contribution in [1.82, 2.24) is 9.46 Å². The van der Waals surface area contributed by atoms with Crippen molar-refractivity contribution in [2.24, 2.45) is 0 Å². The molecule has 9 heteroatoms. The van der Waals surface area contributed by atoms with Gasteiger partial charge in [-0.15, -0.1) is 0 Å². The fourth-order valence-corrected chi connectivity index (χ4v) is 4.21. The van der Waals surface area contributed by atoms with Gasteiger partial charge >= 0.3 is 6.97 Å². The molecule has 4 nitrogen and oxygen atoms in total. The normalized spacial score (nSPS) is 18.0. The number of hydrogen-bond donors (Lipinski definition) is 0. The van der Waals surface area contributed by atoms with Gasteiger partial charge in [-0.2, -0.15) is 0 Å². The van der Waals surface area contributed by atoms with E-state index < -0.39 is 6.97 Å². The van der Waals surface area contributed by atoms with Crippen molar-refractivity contribution >= 4 is 49.0 Å². The molecule has 0 atom stereocenters. The van der Waals surface area contributed by atoms with Crippen molar-refractivity contribution in [3.05, 3.63) is 64.3 Å². The summed E-state index contributed by atoms with van der Waals surface area (Å²) in [5.41, 5.74) is 2.01. The molecule has 0 saturated heterocycles. The number of aromatic nitrogens is 2. The Labute approximate surface area is 153 Å². The molecule has 0 aromatic carbocycles. The highest BCUT2D eigenvalue weighted by molar-refractivity contribution is 9.18. The Hall–Kier alpha value is -1.74. The summed E-state index contributed by atoms with van der Waals surface area (Å²) in [6.45, 7) is -4.02. The zero-order valence-corrected chi connectivity index (χ0v) is 15.6. The van der Waals surface area contributed by atoms with E-state index in [9.17, 15) is 0 Å². The maximum absolute atomic E-state index is 15.1. The molecule has 0 fully saturated rings. The molecule has 0 aliphatic carbocycles. The molecule has 0 N–H and O–H groups in total. The largest absolute Gasteiger partial charge is 0.738 e. The van der Waals surface area contributed by atoms with Gasteiger partial charge in [-0.25, -0.2) is 0 Å². The van der Waals surface area contributed by atoms with E-state index in [1.807, 2.05) is 0 Å². The van der Waals surface area contributed by atoms with Crippen LogP contribution in [0.15, 0.2) is 52.9 Å². The number of halogens is 4. The zero-order chi connectivity index (χ0) is 17.1. The second kappa shape index (κ2) is 5.39. The molecule has 0 bridgehead atoms. The van der Waals surface area contributed by atoms with Crippen LogP contribution in [0.3, 0.4) is 0 Å². The smallest absolute Gasteiger partial charge is 0.497 e. The topological polar surface area (TPSA) is 30.1 Å². The minimum Gasteiger partial charge on any atom is -0.497 e. The fourth-order valence-electron chi connectivity index (χ4n) is 3.07. The van der Waals surface area contributed by atoms with E-state index in [0.29, 0.717) is 37.6 Å². The summed E-state index contributed by atoms with van der Waals surface area (Å²) in [6, 6.07) is 6.74. The molecule has 2 aliphatic heterocycles. The Bertz CT molecular complexity index is 965. The number of ether oxygens (including phenoxy) is 1. The van der Waals surface area contributed by atoms with Crippen molar-refractivity contribution in [2.75, 3.05) is 7.11 Å². The first kappa shape index (κ1) is 15.8. The molecule has 0 saturated carbocycles. The highest BCUT2D eigenvalue weighted by Crippen LogP contribution is 2.41. The van der Waals surface area contributed by atoms with E-state index in [4.69, 9.17) is 4.74 Å². The Kier molecular flexibility index (Phi) is 3.54. The van der Waals surface area contributed by atoms with E-state index >= 15 is 8.63 Å². The molecule has 2 aromatic rings. The van der Waals surface area contributed by atoms with Crippen molar-refractivity contribution in [3.8, 4) is 5.75 Å². The van der Waals surface area contributed by atoms with Gasteiger partial charge in [0, 0.05) is 46.0 Å². The van der Waals surface area contributed by atoms with Gasteiger partial charge in [0.2, 0.25) is 4.62 Å². The maximum atomic E-state index is 15.1. The molecule has 2 aliphatic rings. The SMILES string of the molecule is COc1ccnc(C2=C3C=CC(Br)=[N+]3[B-](F)(F)n3c(Br)ccc32)c1. The third-order valence-corrected chi connectivity index (χ3v) is 5.39. The van der Waals surface area contributed by atoms with Crippen molar-refractivity contribution in [1.29, 1.82) is 0 Å². The minimum absolute atomic E-state index is 0.314. The predicted octanol–water partition coefficient (Wildman–Crippen LogP) is 4.03. The third kappa shape index (κ3) is 2.07. The second-order valence-corrected chi connectivity index (χ2v) is 6.99. The summed E-state index contributed by atoms with van der Waals surface area (Å²) in [7, 11) is 1.56. The molecule has 0 spiro atoms. The van der Waals surface area contributed by atoms with Crippen LogP contribution in [-0.4, -0.2) is 32.6 Å². The molecule has 0 radical (unpaired) electrons. The summed E-state index contributed by atoms with van der Waals surface area (Å²) in [4.78, 5) is 4.36. The van der Waals surface area contributed by atoms with Crippen molar-refractivity contribution in [2.45, 2.75) is 0 Å². The predicted molar refractivity (Wildman–Crippen MR) is 95.6 cm³/mol. The van der Waals surface area contributed by atoms with Gasteiger partial charge in [0.25, 0.3) is 0 Å². The van der Waals surface area contributed by atoms with Crippen LogP contribution >= 0.6 is 31.9 Å². The molecule has 4 rings (SSSR count). The summed E-state index contributed by atoms with van der Waals surface area (Å²) in [5, 5.41) is 0. The number of allylic oxidation sites excluding steroid dienone is 2. The Morgan fingerprint density at radius 3 is 2.75 bits per heavy atom. The zero-order valence-electron chi connectivity index (χ0n) is 12.4. The van der Waals surface area contributed by atoms with E-state index in [-0.39, 0.29) is 0 Å². The number of fused-ring (bicyclic) bond motifs is 2. The van der Waals surface area contributed by atoms with Crippen LogP contribution in [0, 0.1) is 0 Å². The van der Waals surface area contributed by atoms with Crippen LogP contribution < -0.4 is 4.74 Å². The van der Waals surface area contributed by atoms with Crippen LogP contribution in [0.1, 0.15) is 11.4 Å². The number of methoxy groups -OCH3 is 1. The lowest BCUT2D eigenvalue weighted by atomic mass is 9.88. The lowest BCUT2D eigenvalue weighted by Crippen LogP contribution is -2.50. The molecule has 122 valence electrons. The van der Waals surface area contributed by atoms with Crippen LogP contribution in [-0.2, 0) is 0 Å². The van der Waals surface area contributed by atoms with Gasteiger partial charge in [0.05, 0.1) is 23.0 Å². The van der Waals surface area contributed by atoms with Crippen molar-refractivity contribution in [3.63, 3.8) is 0 Å². The molecule has 0 amide bonds. The van der Waals surface area contributed by atoms with E-state index in [1.165, 1.54) is 0 Å². The first-order valence-electron chi connectivity index (χ1n) is 7.09. The lowest BCUT2D eigenvalue weighted by Gasteiger charge is -2.31. The average Bonchev–Trinajstić information content (AvgIpc) is 3.13. The average molecular weight is 457 g/mol. The van der Waals surface area contributed by atoms with Gasteiger partial charge < -0.3 is 22.3 Å². The van der Waals surface area contributed by atoms with Gasteiger partial charge in [-0.1, -0.05) is 0 Å².